The van der Waals surface area contributed by atoms with E-state index in [4.69, 9.17) is 34.8 Å². The molecule has 0 saturated heterocycles. The van der Waals surface area contributed by atoms with Crippen molar-refractivity contribution in [3.8, 4) is 0 Å². The molecule has 21 heavy (non-hydrogen) atoms. The van der Waals surface area contributed by atoms with Crippen molar-refractivity contribution >= 4 is 51.7 Å². The highest BCUT2D eigenvalue weighted by molar-refractivity contribution is 8.13. The molecule has 0 aliphatic carbocycles. The molecule has 0 bridgehead atoms. The van der Waals surface area contributed by atoms with E-state index in [1.54, 1.807) is 42.5 Å². The molecule has 2 aromatic rings. The normalized spacial score (nSPS) is 12.2. The third-order valence-corrected chi connectivity index (χ3v) is 4.44. The first-order chi connectivity index (χ1) is 9.95. The number of aliphatic hydroxyl groups excluding tert-OH is 1. The number of benzene rings is 2. The van der Waals surface area contributed by atoms with Crippen LogP contribution in [0, 0.1) is 0 Å². The third-order valence-electron chi connectivity index (χ3n) is 2.73. The molecule has 1 unspecified atom stereocenters. The topological polar surface area (TPSA) is 37.3 Å². The Morgan fingerprint density at radius 2 is 1.67 bits per heavy atom. The minimum Gasteiger partial charge on any atom is -0.388 e. The first kappa shape index (κ1) is 16.7. The Morgan fingerprint density at radius 1 is 1.05 bits per heavy atom. The molecule has 110 valence electrons. The molecular weight excluding hydrogens is 351 g/mol. The van der Waals surface area contributed by atoms with Gasteiger partial charge >= 0.3 is 0 Å². The number of halogens is 3. The lowest BCUT2D eigenvalue weighted by atomic mass is 10.1. The van der Waals surface area contributed by atoms with Gasteiger partial charge in [0.25, 0.3) is 0 Å². The molecule has 0 amide bonds. The Kier molecular flexibility index (Phi) is 5.97. The predicted octanol–water partition coefficient (Wildman–Crippen LogP) is 5.39. The highest BCUT2D eigenvalue weighted by Gasteiger charge is 2.17. The molecular formula is C15H11Cl3O2S. The van der Waals surface area contributed by atoms with E-state index in [1.807, 2.05) is 0 Å². The molecule has 1 atom stereocenters. The van der Waals surface area contributed by atoms with Crippen LogP contribution in [-0.2, 0) is 4.79 Å². The van der Waals surface area contributed by atoms with Crippen molar-refractivity contribution in [2.75, 3.05) is 0 Å². The Bertz CT molecular complexity index is 644. The maximum Gasteiger partial charge on any atom is 0.196 e. The van der Waals surface area contributed by atoms with Crippen LogP contribution in [0.2, 0.25) is 15.1 Å². The third kappa shape index (κ3) is 4.90. The molecule has 1 N–H and O–H groups in total. The Hall–Kier alpha value is -0.710. The zero-order valence-corrected chi connectivity index (χ0v) is 13.8. The summed E-state index contributed by atoms with van der Waals surface area (Å²) in [6.07, 6.45) is -0.990. The van der Waals surface area contributed by atoms with Crippen molar-refractivity contribution in [1.29, 1.82) is 0 Å². The van der Waals surface area contributed by atoms with Gasteiger partial charge in [0.15, 0.2) is 5.12 Å². The minimum atomic E-state index is -0.956. The highest BCUT2D eigenvalue weighted by Crippen LogP contribution is 2.31. The van der Waals surface area contributed by atoms with Crippen molar-refractivity contribution in [2.45, 2.75) is 17.4 Å². The minimum absolute atomic E-state index is 0.0331. The van der Waals surface area contributed by atoms with Crippen molar-refractivity contribution in [2.24, 2.45) is 0 Å². The summed E-state index contributed by atoms with van der Waals surface area (Å²) in [7, 11) is 0. The Labute approximate surface area is 142 Å². The van der Waals surface area contributed by atoms with E-state index in [0.29, 0.717) is 20.6 Å². The van der Waals surface area contributed by atoms with Crippen LogP contribution in [0.25, 0.3) is 0 Å². The van der Waals surface area contributed by atoms with Crippen LogP contribution in [0.15, 0.2) is 47.4 Å². The average Bonchev–Trinajstić information content (AvgIpc) is 2.41. The molecule has 0 aliphatic heterocycles. The Morgan fingerprint density at radius 3 is 2.29 bits per heavy atom. The van der Waals surface area contributed by atoms with Crippen molar-refractivity contribution in [3.63, 3.8) is 0 Å². The zero-order chi connectivity index (χ0) is 15.4. The summed E-state index contributed by atoms with van der Waals surface area (Å²) in [5.41, 5.74) is 0.492. The van der Waals surface area contributed by atoms with Crippen LogP contribution in [0.5, 0.6) is 0 Å². The fraction of sp³-hybridized carbons (Fsp3) is 0.133. The standard InChI is InChI=1S/C15H11Cl3O2S/c16-9-1-4-11(5-2-9)21-15(20)8-14(19)12-6-3-10(17)7-13(12)18/h1-7,14,19H,8H2. The molecule has 2 rings (SSSR count). The number of hydrogen-bond acceptors (Lipinski definition) is 3. The smallest absolute Gasteiger partial charge is 0.196 e. The van der Waals surface area contributed by atoms with Gasteiger partial charge in [0.1, 0.15) is 0 Å². The molecule has 0 aromatic heterocycles. The van der Waals surface area contributed by atoms with E-state index >= 15 is 0 Å². The van der Waals surface area contributed by atoms with Crippen LogP contribution in [0.3, 0.4) is 0 Å². The number of rotatable bonds is 4. The number of carbonyl (C=O) groups excluding carboxylic acids is 1. The van der Waals surface area contributed by atoms with E-state index in [9.17, 15) is 9.90 Å². The molecule has 2 nitrogen and oxygen atoms in total. The molecule has 0 radical (unpaired) electrons. The molecule has 0 aliphatic rings. The monoisotopic (exact) mass is 360 g/mol. The molecule has 0 saturated carbocycles. The molecule has 6 heteroatoms. The Balaban J connectivity index is 2.00. The first-order valence-electron chi connectivity index (χ1n) is 6.05. The van der Waals surface area contributed by atoms with Gasteiger partial charge in [0.2, 0.25) is 0 Å². The van der Waals surface area contributed by atoms with Gasteiger partial charge in [-0.25, -0.2) is 0 Å². The van der Waals surface area contributed by atoms with Gasteiger partial charge in [-0.05, 0) is 42.0 Å². The van der Waals surface area contributed by atoms with Crippen molar-refractivity contribution in [1.82, 2.24) is 0 Å². The van der Waals surface area contributed by atoms with E-state index in [0.717, 1.165) is 16.7 Å². The number of aliphatic hydroxyl groups is 1. The zero-order valence-electron chi connectivity index (χ0n) is 10.7. The SMILES string of the molecule is O=C(CC(O)c1ccc(Cl)cc1Cl)Sc1ccc(Cl)cc1. The quantitative estimate of drug-likeness (QED) is 0.742. The van der Waals surface area contributed by atoms with E-state index < -0.39 is 6.10 Å². The van der Waals surface area contributed by atoms with Gasteiger partial charge in [0, 0.05) is 26.4 Å². The summed E-state index contributed by atoms with van der Waals surface area (Å²) >= 11 is 18.6. The van der Waals surface area contributed by atoms with Crippen LogP contribution in [-0.4, -0.2) is 10.2 Å². The summed E-state index contributed by atoms with van der Waals surface area (Å²) < 4.78 is 0. The van der Waals surface area contributed by atoms with E-state index in [-0.39, 0.29) is 11.5 Å². The van der Waals surface area contributed by atoms with Gasteiger partial charge in [0.05, 0.1) is 6.10 Å². The van der Waals surface area contributed by atoms with Crippen LogP contribution in [0.1, 0.15) is 18.1 Å². The second-order valence-corrected chi connectivity index (χ2v) is 6.72. The van der Waals surface area contributed by atoms with E-state index in [1.165, 1.54) is 0 Å². The number of hydrogen-bond donors (Lipinski definition) is 1. The highest BCUT2D eigenvalue weighted by atomic mass is 35.5. The second kappa shape index (κ2) is 7.52. The molecule has 0 spiro atoms. The van der Waals surface area contributed by atoms with Crippen LogP contribution >= 0.6 is 46.6 Å². The molecule has 2 aromatic carbocycles. The van der Waals surface area contributed by atoms with Crippen LogP contribution < -0.4 is 0 Å². The largest absolute Gasteiger partial charge is 0.388 e. The lowest BCUT2D eigenvalue weighted by Gasteiger charge is -2.12. The average molecular weight is 362 g/mol. The summed E-state index contributed by atoms with van der Waals surface area (Å²) in [5, 5.41) is 11.4. The van der Waals surface area contributed by atoms with Gasteiger partial charge in [-0.2, -0.15) is 0 Å². The fourth-order valence-electron chi connectivity index (χ4n) is 1.72. The fourth-order valence-corrected chi connectivity index (χ4v) is 3.15. The maximum atomic E-state index is 12.0. The van der Waals surface area contributed by atoms with Crippen molar-refractivity contribution < 1.29 is 9.90 Å². The molecule has 0 fully saturated rings. The summed E-state index contributed by atoms with van der Waals surface area (Å²) in [4.78, 5) is 12.7. The van der Waals surface area contributed by atoms with Gasteiger partial charge in [-0.3, -0.25) is 4.79 Å². The van der Waals surface area contributed by atoms with Crippen LogP contribution in [0.4, 0.5) is 0 Å². The van der Waals surface area contributed by atoms with Gasteiger partial charge in [-0.1, -0.05) is 52.6 Å². The van der Waals surface area contributed by atoms with E-state index in [2.05, 4.69) is 0 Å². The maximum absolute atomic E-state index is 12.0. The summed E-state index contributed by atoms with van der Waals surface area (Å²) in [5.74, 6) is 0. The van der Waals surface area contributed by atoms with Gasteiger partial charge < -0.3 is 5.11 Å². The lowest BCUT2D eigenvalue weighted by molar-refractivity contribution is -0.112. The van der Waals surface area contributed by atoms with Gasteiger partial charge in [-0.15, -0.1) is 0 Å². The molecule has 0 heterocycles. The lowest BCUT2D eigenvalue weighted by Crippen LogP contribution is -2.04. The predicted molar refractivity (Wildman–Crippen MR) is 88.4 cm³/mol. The van der Waals surface area contributed by atoms with Crippen molar-refractivity contribution in [3.05, 3.63) is 63.1 Å². The second-order valence-electron chi connectivity index (χ2n) is 4.31. The number of thioether (sulfide) groups is 1. The number of carbonyl (C=O) groups is 1. The summed E-state index contributed by atoms with van der Waals surface area (Å²) in [6.45, 7) is 0. The summed E-state index contributed by atoms with van der Waals surface area (Å²) in [6, 6.07) is 11.7. The first-order valence-corrected chi connectivity index (χ1v) is 8.00.